The molecule has 0 aliphatic carbocycles. The zero-order chi connectivity index (χ0) is 18.6. The van der Waals surface area contributed by atoms with Crippen LogP contribution >= 0.6 is 31.9 Å². The number of hydrogen-bond acceptors (Lipinski definition) is 7. The maximum Gasteiger partial charge on any atom is 0.355 e. The summed E-state index contributed by atoms with van der Waals surface area (Å²) in [5, 5.41) is 16.8. The van der Waals surface area contributed by atoms with Crippen LogP contribution in [0.5, 0.6) is 0 Å². The van der Waals surface area contributed by atoms with Crippen LogP contribution in [0.2, 0.25) is 0 Å². The van der Waals surface area contributed by atoms with Gasteiger partial charge in [-0.15, -0.1) is 0 Å². The molecule has 1 heterocycles. The van der Waals surface area contributed by atoms with E-state index in [-0.39, 0.29) is 44.8 Å². The van der Waals surface area contributed by atoms with E-state index in [1.807, 2.05) is 0 Å². The molecule has 1 aromatic carbocycles. The zero-order valence-electron chi connectivity index (χ0n) is 12.4. The van der Waals surface area contributed by atoms with E-state index < -0.39 is 23.4 Å². The predicted octanol–water partition coefficient (Wildman–Crippen LogP) is 1.87. The van der Waals surface area contributed by atoms with Crippen LogP contribution in [0, 0.1) is 10.1 Å². The quantitative estimate of drug-likeness (QED) is 0.377. The number of nitro groups is 1. The molecule has 25 heavy (non-hydrogen) atoms. The summed E-state index contributed by atoms with van der Waals surface area (Å²) in [4.78, 5) is 44.8. The first-order valence-corrected chi connectivity index (χ1v) is 8.32. The van der Waals surface area contributed by atoms with Crippen molar-refractivity contribution in [2.75, 3.05) is 11.9 Å². The fourth-order valence-electron chi connectivity index (χ4n) is 1.80. The van der Waals surface area contributed by atoms with Gasteiger partial charge in [0.15, 0.2) is 6.61 Å². The van der Waals surface area contributed by atoms with Crippen molar-refractivity contribution in [2.24, 2.45) is 5.10 Å². The largest absolute Gasteiger partial charge is 0.451 e. The van der Waals surface area contributed by atoms with Crippen LogP contribution < -0.4 is 10.7 Å². The number of benzene rings is 1. The summed E-state index contributed by atoms with van der Waals surface area (Å²) in [6.07, 6.45) is 0.245. The van der Waals surface area contributed by atoms with Gasteiger partial charge in [0, 0.05) is 33.9 Å². The lowest BCUT2D eigenvalue weighted by molar-refractivity contribution is -0.385. The summed E-state index contributed by atoms with van der Waals surface area (Å²) >= 11 is 6.25. The molecular formula is C13H10Br2N4O6. The molecule has 0 spiro atoms. The van der Waals surface area contributed by atoms with Crippen molar-refractivity contribution < 1.29 is 24.0 Å². The number of carbonyl (C=O) groups excluding carboxylic acids is 3. The summed E-state index contributed by atoms with van der Waals surface area (Å²) in [7, 11) is 0. The zero-order valence-corrected chi connectivity index (χ0v) is 15.5. The van der Waals surface area contributed by atoms with Gasteiger partial charge in [-0.05, 0) is 31.9 Å². The average Bonchev–Trinajstić information content (AvgIpc) is 2.56. The van der Waals surface area contributed by atoms with Gasteiger partial charge in [0.2, 0.25) is 5.91 Å². The predicted molar refractivity (Wildman–Crippen MR) is 92.9 cm³/mol. The average molecular weight is 478 g/mol. The number of amides is 2. The molecule has 1 aliphatic heterocycles. The minimum atomic E-state index is -0.808. The molecule has 10 nitrogen and oxygen atoms in total. The molecule has 0 aromatic heterocycles. The number of carbonyl (C=O) groups is 3. The first-order valence-electron chi connectivity index (χ1n) is 6.73. The normalized spacial score (nSPS) is 13.5. The minimum Gasteiger partial charge on any atom is -0.451 e. The van der Waals surface area contributed by atoms with Crippen LogP contribution in [0.4, 0.5) is 11.4 Å². The Kier molecular flexibility index (Phi) is 6.20. The Bertz CT molecular complexity index is 772. The monoisotopic (exact) mass is 476 g/mol. The van der Waals surface area contributed by atoms with Crippen molar-refractivity contribution in [3.8, 4) is 0 Å². The third-order valence-electron chi connectivity index (χ3n) is 2.98. The highest BCUT2D eigenvalue weighted by Gasteiger charge is 2.21. The molecule has 2 amide bonds. The lowest BCUT2D eigenvalue weighted by Crippen LogP contribution is -2.32. The van der Waals surface area contributed by atoms with Gasteiger partial charge in [-0.25, -0.2) is 10.2 Å². The van der Waals surface area contributed by atoms with Crippen molar-refractivity contribution in [3.05, 3.63) is 31.2 Å². The Morgan fingerprint density at radius 2 is 1.96 bits per heavy atom. The van der Waals surface area contributed by atoms with Gasteiger partial charge in [-0.1, -0.05) is 0 Å². The standard InChI is InChI=1S/C13H10Br2N4O6/c14-7-3-6(19(23)24)4-8(15)12(7)16-11(21)5-25-13(22)9-1-2-10(20)18-17-9/h3-4H,1-2,5H2,(H,16,21)(H,18,20). The lowest BCUT2D eigenvalue weighted by atomic mass is 10.2. The molecule has 12 heteroatoms. The topological polar surface area (TPSA) is 140 Å². The lowest BCUT2D eigenvalue weighted by Gasteiger charge is -2.12. The maximum atomic E-state index is 11.9. The third-order valence-corrected chi connectivity index (χ3v) is 4.23. The molecule has 1 aromatic rings. The van der Waals surface area contributed by atoms with Gasteiger partial charge in [0.25, 0.3) is 11.6 Å². The van der Waals surface area contributed by atoms with Gasteiger partial charge in [0.05, 0.1) is 10.6 Å². The SMILES string of the molecule is O=C1CCC(C(=O)OCC(=O)Nc2c(Br)cc([N+](=O)[O-])cc2Br)=NN1. The van der Waals surface area contributed by atoms with E-state index in [1.54, 1.807) is 0 Å². The van der Waals surface area contributed by atoms with Gasteiger partial charge in [-0.3, -0.25) is 19.7 Å². The van der Waals surface area contributed by atoms with Gasteiger partial charge >= 0.3 is 5.97 Å². The minimum absolute atomic E-state index is 0.0186. The molecule has 0 unspecified atom stereocenters. The number of halogens is 2. The second-order valence-corrected chi connectivity index (χ2v) is 6.47. The summed E-state index contributed by atoms with van der Waals surface area (Å²) in [6, 6.07) is 2.46. The molecule has 0 fully saturated rings. The van der Waals surface area contributed by atoms with Crippen LogP contribution in [0.25, 0.3) is 0 Å². The fraction of sp³-hybridized carbons (Fsp3) is 0.231. The number of ether oxygens (including phenoxy) is 1. The van der Waals surface area contributed by atoms with Crippen LogP contribution in [0.1, 0.15) is 12.8 Å². The van der Waals surface area contributed by atoms with Crippen LogP contribution in [0.3, 0.4) is 0 Å². The molecule has 1 aliphatic rings. The molecule has 132 valence electrons. The van der Waals surface area contributed by atoms with Gasteiger partial charge in [0.1, 0.15) is 5.71 Å². The van der Waals surface area contributed by atoms with Crippen molar-refractivity contribution in [1.82, 2.24) is 5.43 Å². The number of hydrazone groups is 1. The van der Waals surface area contributed by atoms with E-state index in [0.717, 1.165) is 0 Å². The van der Waals surface area contributed by atoms with Crippen LogP contribution in [-0.2, 0) is 19.1 Å². The Morgan fingerprint density at radius 3 is 2.48 bits per heavy atom. The molecule has 0 atom stereocenters. The molecular weight excluding hydrogens is 468 g/mol. The Hall–Kier alpha value is -2.34. The second kappa shape index (κ2) is 8.16. The number of nitrogens with zero attached hydrogens (tertiary/aromatic N) is 2. The highest BCUT2D eigenvalue weighted by molar-refractivity contribution is 9.11. The first-order chi connectivity index (χ1) is 11.8. The van der Waals surface area contributed by atoms with Crippen LogP contribution in [-0.4, -0.2) is 35.0 Å². The fourth-order valence-corrected chi connectivity index (χ4v) is 3.16. The van der Waals surface area contributed by atoms with E-state index in [0.29, 0.717) is 0 Å². The third kappa shape index (κ3) is 5.06. The van der Waals surface area contributed by atoms with Crippen molar-refractivity contribution in [2.45, 2.75) is 12.8 Å². The summed E-state index contributed by atoms with van der Waals surface area (Å²) in [6.45, 7) is -0.582. The summed E-state index contributed by atoms with van der Waals surface area (Å²) in [5.41, 5.74) is 2.26. The second-order valence-electron chi connectivity index (χ2n) is 4.76. The summed E-state index contributed by atoms with van der Waals surface area (Å²) < 4.78 is 5.39. The number of non-ortho nitro benzene ring substituents is 1. The van der Waals surface area contributed by atoms with Gasteiger partial charge < -0.3 is 10.1 Å². The number of anilines is 1. The number of nitrogens with one attached hydrogen (secondary N) is 2. The molecule has 0 saturated carbocycles. The molecule has 0 radical (unpaired) electrons. The molecule has 2 N–H and O–H groups in total. The van der Waals surface area contributed by atoms with Crippen molar-refractivity contribution >= 4 is 66.7 Å². The van der Waals surface area contributed by atoms with E-state index in [4.69, 9.17) is 4.74 Å². The maximum absolute atomic E-state index is 11.9. The Labute approximate surface area is 157 Å². The van der Waals surface area contributed by atoms with E-state index in [1.165, 1.54) is 12.1 Å². The first kappa shape index (κ1) is 19.0. The van der Waals surface area contributed by atoms with E-state index in [2.05, 4.69) is 47.7 Å². The molecule has 0 saturated heterocycles. The van der Waals surface area contributed by atoms with Gasteiger partial charge in [-0.2, -0.15) is 5.10 Å². The number of nitro benzene ring substituents is 1. The number of esters is 1. The highest BCUT2D eigenvalue weighted by atomic mass is 79.9. The van der Waals surface area contributed by atoms with Crippen molar-refractivity contribution in [3.63, 3.8) is 0 Å². The Balaban J connectivity index is 1.96. The van der Waals surface area contributed by atoms with E-state index >= 15 is 0 Å². The highest BCUT2D eigenvalue weighted by Crippen LogP contribution is 2.35. The smallest absolute Gasteiger partial charge is 0.355 e. The van der Waals surface area contributed by atoms with Crippen LogP contribution in [0.15, 0.2) is 26.2 Å². The molecule has 0 bridgehead atoms. The number of rotatable bonds is 5. The Morgan fingerprint density at radius 1 is 1.32 bits per heavy atom. The van der Waals surface area contributed by atoms with Crippen molar-refractivity contribution in [1.29, 1.82) is 0 Å². The number of hydrogen-bond donors (Lipinski definition) is 2. The van der Waals surface area contributed by atoms with E-state index in [9.17, 15) is 24.5 Å². The summed E-state index contributed by atoms with van der Waals surface area (Å²) in [5.74, 6) is -1.76. The molecule has 2 rings (SSSR count).